The summed E-state index contributed by atoms with van der Waals surface area (Å²) in [6.07, 6.45) is 4.78. The van der Waals surface area contributed by atoms with Crippen LogP contribution in [-0.4, -0.2) is 0 Å². The summed E-state index contributed by atoms with van der Waals surface area (Å²) in [6.45, 7) is 2.22. The standard InChI is InChI=1S/C18H21N/c1-2-5-14-8-11-16(12-9-14)19-18-13-10-15-6-3-4-7-17(15)18/h3-4,6-9,11-12,18-19H,2,5,10,13H2,1H3. The summed E-state index contributed by atoms with van der Waals surface area (Å²) in [7, 11) is 0. The quantitative estimate of drug-likeness (QED) is 0.827. The lowest BCUT2D eigenvalue weighted by Gasteiger charge is -2.15. The second-order valence-electron chi connectivity index (χ2n) is 5.38. The molecular weight excluding hydrogens is 230 g/mol. The highest BCUT2D eigenvalue weighted by Gasteiger charge is 2.21. The van der Waals surface area contributed by atoms with Crippen LogP contribution in [0.1, 0.15) is 42.5 Å². The molecule has 0 fully saturated rings. The van der Waals surface area contributed by atoms with Gasteiger partial charge in [0.1, 0.15) is 0 Å². The van der Waals surface area contributed by atoms with Gasteiger partial charge in [0.2, 0.25) is 0 Å². The van der Waals surface area contributed by atoms with Crippen molar-refractivity contribution in [3.8, 4) is 0 Å². The van der Waals surface area contributed by atoms with Gasteiger partial charge in [-0.3, -0.25) is 0 Å². The summed E-state index contributed by atoms with van der Waals surface area (Å²) >= 11 is 0. The zero-order valence-corrected chi connectivity index (χ0v) is 11.5. The lowest BCUT2D eigenvalue weighted by Crippen LogP contribution is -2.06. The molecule has 0 bridgehead atoms. The van der Waals surface area contributed by atoms with Crippen LogP contribution in [0, 0.1) is 0 Å². The smallest absolute Gasteiger partial charge is 0.0519 e. The minimum atomic E-state index is 0.480. The molecule has 0 saturated heterocycles. The van der Waals surface area contributed by atoms with E-state index in [2.05, 4.69) is 60.8 Å². The van der Waals surface area contributed by atoms with Gasteiger partial charge in [-0.15, -0.1) is 0 Å². The van der Waals surface area contributed by atoms with E-state index in [-0.39, 0.29) is 0 Å². The fraction of sp³-hybridized carbons (Fsp3) is 0.333. The molecule has 0 saturated carbocycles. The first-order valence-corrected chi connectivity index (χ1v) is 7.30. The van der Waals surface area contributed by atoms with Crippen LogP contribution in [0.25, 0.3) is 0 Å². The van der Waals surface area contributed by atoms with Gasteiger partial charge in [0.25, 0.3) is 0 Å². The number of benzene rings is 2. The van der Waals surface area contributed by atoms with Crippen LogP contribution in [-0.2, 0) is 12.8 Å². The zero-order chi connectivity index (χ0) is 13.1. The summed E-state index contributed by atoms with van der Waals surface area (Å²) in [4.78, 5) is 0. The average Bonchev–Trinajstić information content (AvgIpc) is 2.85. The van der Waals surface area contributed by atoms with Gasteiger partial charge in [0.15, 0.2) is 0 Å². The number of anilines is 1. The molecule has 1 aliphatic carbocycles. The molecule has 1 unspecified atom stereocenters. The van der Waals surface area contributed by atoms with Crippen LogP contribution < -0.4 is 5.32 Å². The Morgan fingerprint density at radius 1 is 1.05 bits per heavy atom. The number of hydrogen-bond donors (Lipinski definition) is 1. The van der Waals surface area contributed by atoms with Gasteiger partial charge in [-0.25, -0.2) is 0 Å². The van der Waals surface area contributed by atoms with Crippen molar-refractivity contribution in [1.29, 1.82) is 0 Å². The third-order valence-electron chi connectivity index (χ3n) is 3.97. The number of hydrogen-bond acceptors (Lipinski definition) is 1. The van der Waals surface area contributed by atoms with Crippen molar-refractivity contribution in [1.82, 2.24) is 0 Å². The molecule has 0 aliphatic heterocycles. The minimum absolute atomic E-state index is 0.480. The molecule has 19 heavy (non-hydrogen) atoms. The van der Waals surface area contributed by atoms with E-state index >= 15 is 0 Å². The topological polar surface area (TPSA) is 12.0 Å². The summed E-state index contributed by atoms with van der Waals surface area (Å²) in [5, 5.41) is 3.67. The van der Waals surface area contributed by atoms with Gasteiger partial charge in [-0.2, -0.15) is 0 Å². The number of fused-ring (bicyclic) bond motifs is 1. The van der Waals surface area contributed by atoms with Crippen molar-refractivity contribution in [2.24, 2.45) is 0 Å². The van der Waals surface area contributed by atoms with Crippen molar-refractivity contribution in [2.45, 2.75) is 38.6 Å². The fourth-order valence-corrected chi connectivity index (χ4v) is 2.96. The molecule has 0 aromatic heterocycles. The average molecular weight is 251 g/mol. The van der Waals surface area contributed by atoms with Gasteiger partial charge in [-0.1, -0.05) is 49.7 Å². The molecule has 0 amide bonds. The Morgan fingerprint density at radius 3 is 2.63 bits per heavy atom. The van der Waals surface area contributed by atoms with Crippen molar-refractivity contribution in [2.75, 3.05) is 5.32 Å². The van der Waals surface area contributed by atoms with E-state index in [4.69, 9.17) is 0 Å². The molecule has 2 aromatic carbocycles. The maximum Gasteiger partial charge on any atom is 0.0519 e. The van der Waals surface area contributed by atoms with Crippen molar-refractivity contribution in [3.63, 3.8) is 0 Å². The molecule has 98 valence electrons. The summed E-state index contributed by atoms with van der Waals surface area (Å²) in [5.74, 6) is 0. The van der Waals surface area contributed by atoms with E-state index in [1.54, 1.807) is 0 Å². The molecule has 0 spiro atoms. The number of nitrogens with one attached hydrogen (secondary N) is 1. The predicted molar refractivity (Wildman–Crippen MR) is 81.6 cm³/mol. The van der Waals surface area contributed by atoms with Crippen LogP contribution in [0.15, 0.2) is 48.5 Å². The summed E-state index contributed by atoms with van der Waals surface area (Å²) in [5.41, 5.74) is 5.64. The van der Waals surface area contributed by atoms with E-state index in [0.717, 1.165) is 0 Å². The second-order valence-corrected chi connectivity index (χ2v) is 5.38. The van der Waals surface area contributed by atoms with Gasteiger partial charge in [0, 0.05) is 5.69 Å². The van der Waals surface area contributed by atoms with Crippen LogP contribution in [0.5, 0.6) is 0 Å². The fourth-order valence-electron chi connectivity index (χ4n) is 2.96. The Balaban J connectivity index is 1.72. The monoisotopic (exact) mass is 251 g/mol. The molecule has 1 heteroatoms. The normalized spacial score (nSPS) is 17.2. The molecule has 1 aliphatic rings. The molecule has 3 rings (SSSR count). The van der Waals surface area contributed by atoms with Gasteiger partial charge >= 0.3 is 0 Å². The SMILES string of the molecule is CCCc1ccc(NC2CCc3ccccc32)cc1. The first-order valence-electron chi connectivity index (χ1n) is 7.30. The second kappa shape index (κ2) is 5.48. The van der Waals surface area contributed by atoms with Crippen LogP contribution in [0.2, 0.25) is 0 Å². The van der Waals surface area contributed by atoms with E-state index in [0.29, 0.717) is 6.04 Å². The summed E-state index contributed by atoms with van der Waals surface area (Å²) < 4.78 is 0. The minimum Gasteiger partial charge on any atom is -0.378 e. The lowest BCUT2D eigenvalue weighted by atomic mass is 10.1. The third kappa shape index (κ3) is 2.65. The summed E-state index contributed by atoms with van der Waals surface area (Å²) in [6, 6.07) is 18.2. The molecule has 1 nitrogen and oxygen atoms in total. The van der Waals surface area contributed by atoms with Crippen LogP contribution in [0.4, 0.5) is 5.69 Å². The lowest BCUT2D eigenvalue weighted by molar-refractivity contribution is 0.762. The number of rotatable bonds is 4. The van der Waals surface area contributed by atoms with E-state index in [1.807, 2.05) is 0 Å². The third-order valence-corrected chi connectivity index (χ3v) is 3.97. The zero-order valence-electron chi connectivity index (χ0n) is 11.5. The Morgan fingerprint density at radius 2 is 1.84 bits per heavy atom. The first kappa shape index (κ1) is 12.3. The molecule has 2 aromatic rings. The first-order chi connectivity index (χ1) is 9.36. The Kier molecular flexibility index (Phi) is 3.54. The Labute approximate surface area is 115 Å². The largest absolute Gasteiger partial charge is 0.378 e. The maximum atomic E-state index is 3.67. The Hall–Kier alpha value is -1.76. The highest BCUT2D eigenvalue weighted by molar-refractivity contribution is 5.49. The highest BCUT2D eigenvalue weighted by atomic mass is 14.9. The van der Waals surface area contributed by atoms with Crippen LogP contribution in [0.3, 0.4) is 0 Å². The number of aryl methyl sites for hydroxylation is 2. The van der Waals surface area contributed by atoms with Crippen molar-refractivity contribution < 1.29 is 0 Å². The maximum absolute atomic E-state index is 3.67. The van der Waals surface area contributed by atoms with Gasteiger partial charge in [-0.05, 0) is 48.1 Å². The van der Waals surface area contributed by atoms with Crippen molar-refractivity contribution >= 4 is 5.69 Å². The van der Waals surface area contributed by atoms with E-state index in [1.165, 1.54) is 48.1 Å². The highest BCUT2D eigenvalue weighted by Crippen LogP contribution is 2.33. The van der Waals surface area contributed by atoms with Gasteiger partial charge < -0.3 is 5.32 Å². The molecule has 0 radical (unpaired) electrons. The molecule has 1 N–H and O–H groups in total. The molecule has 0 heterocycles. The Bertz CT molecular complexity index is 542. The molecule has 1 atom stereocenters. The van der Waals surface area contributed by atoms with E-state index in [9.17, 15) is 0 Å². The molecular formula is C18H21N. The predicted octanol–water partition coefficient (Wildman–Crippen LogP) is 4.74. The van der Waals surface area contributed by atoms with E-state index < -0.39 is 0 Å². The van der Waals surface area contributed by atoms with Crippen molar-refractivity contribution in [3.05, 3.63) is 65.2 Å². The van der Waals surface area contributed by atoms with Crippen LogP contribution >= 0.6 is 0 Å². The van der Waals surface area contributed by atoms with Gasteiger partial charge in [0.05, 0.1) is 6.04 Å².